The van der Waals surface area contributed by atoms with Crippen LogP contribution in [0.2, 0.25) is 5.02 Å². The van der Waals surface area contributed by atoms with Crippen LogP contribution in [0.25, 0.3) is 10.9 Å². The first-order valence-electron chi connectivity index (χ1n) is 14.8. The zero-order valence-electron chi connectivity index (χ0n) is 25.9. The Bertz CT molecular complexity index is 1680. The number of aromatic nitrogens is 3. The highest BCUT2D eigenvalue weighted by Gasteiger charge is 2.19. The molecule has 1 saturated heterocycles. The van der Waals surface area contributed by atoms with Gasteiger partial charge < -0.3 is 30.3 Å². The van der Waals surface area contributed by atoms with Crippen molar-refractivity contribution in [2.45, 2.75) is 32.6 Å². The number of H-pyrrole nitrogens is 1. The monoisotopic (exact) mass is 634 g/mol. The molecular weight excluding hydrogens is 596 g/mol. The Morgan fingerprint density at radius 3 is 2.51 bits per heavy atom. The summed E-state index contributed by atoms with van der Waals surface area (Å²) in [5.74, 6) is 1.05. The number of nitrogens with zero attached hydrogens (tertiary/aromatic N) is 4. The zero-order valence-corrected chi connectivity index (χ0v) is 26.7. The molecule has 0 bridgehead atoms. The third kappa shape index (κ3) is 8.21. The van der Waals surface area contributed by atoms with E-state index in [2.05, 4.69) is 42.7 Å². The number of aromatic amines is 1. The molecule has 1 aliphatic rings. The van der Waals surface area contributed by atoms with Crippen LogP contribution >= 0.6 is 11.6 Å². The number of halogens is 1. The number of amides is 3. The highest BCUT2D eigenvalue weighted by molar-refractivity contribution is 6.34. The van der Waals surface area contributed by atoms with Gasteiger partial charge in [-0.15, -0.1) is 0 Å². The second-order valence-electron chi connectivity index (χ2n) is 12.1. The van der Waals surface area contributed by atoms with E-state index in [4.69, 9.17) is 26.8 Å². The van der Waals surface area contributed by atoms with E-state index in [1.165, 1.54) is 0 Å². The largest absolute Gasteiger partial charge is 0.493 e. The van der Waals surface area contributed by atoms with Gasteiger partial charge in [0.15, 0.2) is 5.82 Å². The van der Waals surface area contributed by atoms with Crippen LogP contribution in [-0.4, -0.2) is 83.3 Å². The SMILES string of the molecule is CN1CCN(CCCOc2cc3nccc(Oc4ccc(NC(=O)Nc5cc(C(C)(C)C)[nH]n5)c(Cl)c4)c3cc2C(N)=O)CC1. The maximum Gasteiger partial charge on any atom is 0.324 e. The molecule has 0 atom stereocenters. The lowest BCUT2D eigenvalue weighted by Gasteiger charge is -2.32. The Balaban J connectivity index is 1.24. The van der Waals surface area contributed by atoms with E-state index < -0.39 is 11.9 Å². The van der Waals surface area contributed by atoms with Crippen molar-refractivity contribution >= 4 is 45.9 Å². The Labute approximate surface area is 267 Å². The van der Waals surface area contributed by atoms with Crippen LogP contribution in [0.4, 0.5) is 16.3 Å². The summed E-state index contributed by atoms with van der Waals surface area (Å²) in [5, 5.41) is 13.3. The number of anilines is 2. The maximum atomic E-state index is 12.6. The van der Waals surface area contributed by atoms with Gasteiger partial charge in [0.2, 0.25) is 0 Å². The smallest absolute Gasteiger partial charge is 0.324 e. The molecule has 1 aliphatic heterocycles. The van der Waals surface area contributed by atoms with Gasteiger partial charge in [0.25, 0.3) is 5.91 Å². The van der Waals surface area contributed by atoms with Crippen molar-refractivity contribution in [2.24, 2.45) is 5.73 Å². The number of nitrogens with two attached hydrogens (primary N) is 1. The summed E-state index contributed by atoms with van der Waals surface area (Å²) in [6, 6.07) is 11.2. The van der Waals surface area contributed by atoms with Gasteiger partial charge in [-0.25, -0.2) is 4.79 Å². The lowest BCUT2D eigenvalue weighted by atomic mass is 9.92. The Kier molecular flexibility index (Phi) is 9.76. The van der Waals surface area contributed by atoms with Crippen molar-refractivity contribution in [2.75, 3.05) is 57.0 Å². The van der Waals surface area contributed by atoms with Crippen molar-refractivity contribution < 1.29 is 19.1 Å². The van der Waals surface area contributed by atoms with Crippen molar-refractivity contribution in [1.82, 2.24) is 25.0 Å². The summed E-state index contributed by atoms with van der Waals surface area (Å²) in [7, 11) is 2.13. The molecule has 3 amide bonds. The Morgan fingerprint density at radius 2 is 1.82 bits per heavy atom. The minimum absolute atomic E-state index is 0.134. The molecule has 12 nitrogen and oxygen atoms in total. The number of fused-ring (bicyclic) bond motifs is 1. The van der Waals surface area contributed by atoms with Crippen molar-refractivity contribution in [3.63, 3.8) is 0 Å². The van der Waals surface area contributed by atoms with E-state index in [-0.39, 0.29) is 16.0 Å². The molecule has 3 heterocycles. The number of carbonyl (C=O) groups is 2. The topological polar surface area (TPSA) is 151 Å². The molecule has 0 radical (unpaired) electrons. The van der Waals surface area contributed by atoms with Gasteiger partial charge in [0.05, 0.1) is 28.4 Å². The highest BCUT2D eigenvalue weighted by Crippen LogP contribution is 2.35. The first kappa shape index (κ1) is 32.0. The molecule has 0 saturated carbocycles. The molecule has 2 aromatic carbocycles. The quantitative estimate of drug-likeness (QED) is 0.168. The number of pyridine rings is 1. The third-order valence-electron chi connectivity index (χ3n) is 7.58. The molecule has 0 aliphatic carbocycles. The number of ether oxygens (including phenoxy) is 2. The normalized spacial score (nSPS) is 14.3. The van der Waals surface area contributed by atoms with Gasteiger partial charge in [-0.05, 0) is 37.7 Å². The minimum atomic E-state index is -0.609. The van der Waals surface area contributed by atoms with Crippen LogP contribution in [0.3, 0.4) is 0 Å². The molecule has 0 unspecified atom stereocenters. The minimum Gasteiger partial charge on any atom is -0.493 e. The summed E-state index contributed by atoms with van der Waals surface area (Å²) < 4.78 is 12.2. The molecule has 1 fully saturated rings. The number of hydrogen-bond donors (Lipinski definition) is 4. The number of benzene rings is 2. The fraction of sp³-hybridized carbons (Fsp3) is 0.375. The predicted molar refractivity (Wildman–Crippen MR) is 176 cm³/mol. The summed E-state index contributed by atoms with van der Waals surface area (Å²) in [6.45, 7) is 11.7. The summed E-state index contributed by atoms with van der Waals surface area (Å²) in [4.78, 5) is 34.1. The number of piperazine rings is 1. The molecular formula is C32H39ClN8O4. The Morgan fingerprint density at radius 1 is 1.04 bits per heavy atom. The number of nitrogens with one attached hydrogen (secondary N) is 3. The van der Waals surface area contributed by atoms with Gasteiger partial charge in [-0.3, -0.25) is 20.2 Å². The van der Waals surface area contributed by atoms with Crippen molar-refractivity contribution in [1.29, 1.82) is 0 Å². The third-order valence-corrected chi connectivity index (χ3v) is 7.90. The number of urea groups is 1. The predicted octanol–water partition coefficient (Wildman–Crippen LogP) is 5.46. The fourth-order valence-electron chi connectivity index (χ4n) is 4.92. The number of rotatable bonds is 10. The molecule has 2 aromatic heterocycles. The van der Waals surface area contributed by atoms with Crippen LogP contribution in [0, 0.1) is 0 Å². The number of primary amides is 1. The molecule has 13 heteroatoms. The molecule has 0 spiro atoms. The van der Waals surface area contributed by atoms with Crippen LogP contribution in [0.5, 0.6) is 17.2 Å². The van der Waals surface area contributed by atoms with Crippen molar-refractivity contribution in [3.8, 4) is 17.2 Å². The summed E-state index contributed by atoms with van der Waals surface area (Å²) in [6.07, 6.45) is 2.44. The van der Waals surface area contributed by atoms with E-state index in [9.17, 15) is 9.59 Å². The molecule has 4 aromatic rings. The lowest BCUT2D eigenvalue weighted by molar-refractivity contribution is 0.0996. The van der Waals surface area contributed by atoms with Gasteiger partial charge >= 0.3 is 6.03 Å². The van der Waals surface area contributed by atoms with E-state index in [0.717, 1.165) is 44.8 Å². The van der Waals surface area contributed by atoms with E-state index >= 15 is 0 Å². The van der Waals surface area contributed by atoms with Gasteiger partial charge in [0, 0.05) is 73.6 Å². The second-order valence-corrected chi connectivity index (χ2v) is 12.5. The Hall–Kier alpha value is -4.39. The van der Waals surface area contributed by atoms with Crippen LogP contribution in [0.1, 0.15) is 43.2 Å². The molecule has 5 N–H and O–H groups in total. The fourth-order valence-corrected chi connectivity index (χ4v) is 5.14. The van der Waals surface area contributed by atoms with Gasteiger partial charge in [-0.1, -0.05) is 32.4 Å². The summed E-state index contributed by atoms with van der Waals surface area (Å²) >= 11 is 6.49. The van der Waals surface area contributed by atoms with Crippen LogP contribution in [-0.2, 0) is 5.41 Å². The van der Waals surface area contributed by atoms with E-state index in [1.54, 1.807) is 48.7 Å². The van der Waals surface area contributed by atoms with Crippen LogP contribution < -0.4 is 25.8 Å². The molecule has 45 heavy (non-hydrogen) atoms. The lowest BCUT2D eigenvalue weighted by Crippen LogP contribution is -2.44. The number of likely N-dealkylation sites (N-methyl/N-ethyl adjacent to an activating group) is 1. The first-order chi connectivity index (χ1) is 21.5. The van der Waals surface area contributed by atoms with E-state index in [0.29, 0.717) is 46.3 Å². The first-order valence-corrected chi connectivity index (χ1v) is 15.2. The molecule has 5 rings (SSSR count). The number of hydrogen-bond acceptors (Lipinski definition) is 8. The van der Waals surface area contributed by atoms with Gasteiger partial charge in [-0.2, -0.15) is 5.10 Å². The van der Waals surface area contributed by atoms with Crippen LogP contribution in [0.15, 0.2) is 48.7 Å². The second kappa shape index (κ2) is 13.7. The van der Waals surface area contributed by atoms with Gasteiger partial charge in [0.1, 0.15) is 17.2 Å². The maximum absolute atomic E-state index is 12.6. The highest BCUT2D eigenvalue weighted by atomic mass is 35.5. The molecule has 238 valence electrons. The average Bonchev–Trinajstić information content (AvgIpc) is 3.46. The standard InChI is InChI=1S/C32H39ClN8O4/c1-32(2,3)28-19-29(39-38-28)37-31(43)36-24-7-6-20(16-23(24)33)45-26-8-9-35-25-18-27(22(30(34)42)17-21(25)26)44-15-5-10-41-13-11-40(4)12-14-41/h6-9,16-19H,5,10-15H2,1-4H3,(H2,34,42)(H3,36,37,38,39,43). The number of carbonyl (C=O) groups excluding carboxylic acids is 2. The average molecular weight is 635 g/mol. The van der Waals surface area contributed by atoms with Crippen molar-refractivity contribution in [3.05, 3.63) is 64.9 Å². The summed E-state index contributed by atoms with van der Waals surface area (Å²) in [5.41, 5.74) is 7.71. The van der Waals surface area contributed by atoms with E-state index in [1.807, 2.05) is 20.8 Å². The zero-order chi connectivity index (χ0) is 32.1.